The Morgan fingerprint density at radius 1 is 1.33 bits per heavy atom. The summed E-state index contributed by atoms with van der Waals surface area (Å²) in [6.45, 7) is 1.07. The first-order valence-electron chi connectivity index (χ1n) is 6.53. The maximum Gasteiger partial charge on any atom is 0.243 e. The fourth-order valence-corrected chi connectivity index (χ4v) is 3.66. The van der Waals surface area contributed by atoms with Crippen LogP contribution in [0, 0.1) is 5.82 Å². The van der Waals surface area contributed by atoms with Crippen LogP contribution in [-0.4, -0.2) is 35.7 Å². The van der Waals surface area contributed by atoms with Crippen LogP contribution in [0.4, 0.5) is 4.39 Å². The summed E-state index contributed by atoms with van der Waals surface area (Å²) in [6, 6.07) is 2.83. The molecule has 0 amide bonds. The third-order valence-corrected chi connectivity index (χ3v) is 4.72. The Morgan fingerprint density at radius 2 is 2.05 bits per heavy atom. The molecule has 120 valence electrons. The Bertz CT molecular complexity index is 567. The SMILES string of the molecule is CNCc1cc(Br)cc(S(=O)(=O)NCCCCOC)c1F. The first-order chi connectivity index (χ1) is 9.92. The summed E-state index contributed by atoms with van der Waals surface area (Å²) in [6.07, 6.45) is 1.37. The molecule has 0 aliphatic heterocycles. The number of halogens is 2. The molecule has 5 nitrogen and oxygen atoms in total. The van der Waals surface area contributed by atoms with Gasteiger partial charge in [-0.1, -0.05) is 15.9 Å². The Hall–Kier alpha value is -0.540. The fourth-order valence-electron chi connectivity index (χ4n) is 1.79. The summed E-state index contributed by atoms with van der Waals surface area (Å²) < 4.78 is 46.4. The molecule has 0 spiro atoms. The van der Waals surface area contributed by atoms with Crippen LogP contribution in [0.2, 0.25) is 0 Å². The summed E-state index contributed by atoms with van der Waals surface area (Å²) in [5.41, 5.74) is 0.298. The predicted molar refractivity (Wildman–Crippen MR) is 83.2 cm³/mol. The zero-order chi connectivity index (χ0) is 15.9. The number of ether oxygens (including phenoxy) is 1. The van der Waals surface area contributed by atoms with Gasteiger partial charge in [0, 0.05) is 36.8 Å². The fraction of sp³-hybridized carbons (Fsp3) is 0.538. The van der Waals surface area contributed by atoms with Crippen molar-refractivity contribution in [3.05, 3.63) is 28.0 Å². The van der Waals surface area contributed by atoms with E-state index in [1.165, 1.54) is 6.07 Å². The third kappa shape index (κ3) is 5.63. The lowest BCUT2D eigenvalue weighted by molar-refractivity contribution is 0.193. The lowest BCUT2D eigenvalue weighted by Gasteiger charge is -2.11. The van der Waals surface area contributed by atoms with E-state index in [-0.39, 0.29) is 18.0 Å². The lowest BCUT2D eigenvalue weighted by atomic mass is 10.2. The molecule has 0 saturated carbocycles. The molecule has 0 aliphatic rings. The molecule has 1 aromatic rings. The van der Waals surface area contributed by atoms with E-state index in [0.717, 1.165) is 6.42 Å². The van der Waals surface area contributed by atoms with E-state index in [0.29, 0.717) is 23.1 Å². The van der Waals surface area contributed by atoms with Gasteiger partial charge < -0.3 is 10.1 Å². The Kier molecular flexibility index (Phi) is 7.75. The quantitative estimate of drug-likeness (QED) is 0.641. The first kappa shape index (κ1) is 18.5. The molecule has 2 N–H and O–H groups in total. The topological polar surface area (TPSA) is 67.4 Å². The Morgan fingerprint density at radius 3 is 2.67 bits per heavy atom. The number of benzene rings is 1. The van der Waals surface area contributed by atoms with E-state index in [1.54, 1.807) is 20.2 Å². The van der Waals surface area contributed by atoms with Gasteiger partial charge in [-0.05, 0) is 32.0 Å². The lowest BCUT2D eigenvalue weighted by Crippen LogP contribution is -2.26. The molecule has 21 heavy (non-hydrogen) atoms. The molecule has 8 heteroatoms. The first-order valence-corrected chi connectivity index (χ1v) is 8.81. The molecule has 0 saturated heterocycles. The second-order valence-electron chi connectivity index (χ2n) is 4.51. The van der Waals surface area contributed by atoms with Crippen LogP contribution < -0.4 is 10.0 Å². The highest BCUT2D eigenvalue weighted by Gasteiger charge is 2.21. The summed E-state index contributed by atoms with van der Waals surface area (Å²) in [5, 5.41) is 2.81. The summed E-state index contributed by atoms with van der Waals surface area (Å²) >= 11 is 3.21. The molecular formula is C13H20BrFN2O3S. The van der Waals surface area contributed by atoms with E-state index in [1.807, 2.05) is 0 Å². The van der Waals surface area contributed by atoms with Crippen LogP contribution in [0.3, 0.4) is 0 Å². The van der Waals surface area contributed by atoms with Crippen molar-refractivity contribution in [2.24, 2.45) is 0 Å². The summed E-state index contributed by atoms with van der Waals surface area (Å²) in [7, 11) is -0.608. The predicted octanol–water partition coefficient (Wildman–Crippen LogP) is 2.01. The normalized spacial score (nSPS) is 11.8. The molecule has 0 heterocycles. The number of unbranched alkanes of at least 4 members (excludes halogenated alkanes) is 1. The highest BCUT2D eigenvalue weighted by atomic mass is 79.9. The number of hydrogen-bond donors (Lipinski definition) is 2. The van der Waals surface area contributed by atoms with Crippen molar-refractivity contribution in [3.8, 4) is 0 Å². The molecule has 0 fully saturated rings. The standard InChI is InChI=1S/C13H20BrFN2O3S/c1-16-9-10-7-11(14)8-12(13(10)15)21(18,19)17-5-3-4-6-20-2/h7-8,16-17H,3-6,9H2,1-2H3. The maximum atomic E-state index is 14.3. The van der Waals surface area contributed by atoms with Crippen molar-refractivity contribution < 1.29 is 17.5 Å². The molecule has 0 radical (unpaired) electrons. The summed E-state index contributed by atoms with van der Waals surface area (Å²) in [5.74, 6) is -0.725. The second-order valence-corrected chi connectivity index (χ2v) is 7.16. The van der Waals surface area contributed by atoms with Gasteiger partial charge in [0.1, 0.15) is 10.7 Å². The second kappa shape index (κ2) is 8.79. The van der Waals surface area contributed by atoms with Gasteiger partial charge in [-0.3, -0.25) is 0 Å². The zero-order valence-electron chi connectivity index (χ0n) is 12.1. The van der Waals surface area contributed by atoms with Crippen LogP contribution in [-0.2, 0) is 21.3 Å². The number of sulfonamides is 1. The number of rotatable bonds is 9. The van der Waals surface area contributed by atoms with Gasteiger partial charge in [0.2, 0.25) is 10.0 Å². The number of nitrogens with one attached hydrogen (secondary N) is 2. The van der Waals surface area contributed by atoms with Gasteiger partial charge in [0.15, 0.2) is 0 Å². The minimum Gasteiger partial charge on any atom is -0.385 e. The van der Waals surface area contributed by atoms with Gasteiger partial charge in [-0.25, -0.2) is 17.5 Å². The van der Waals surface area contributed by atoms with Crippen LogP contribution >= 0.6 is 15.9 Å². The van der Waals surface area contributed by atoms with Crippen molar-refractivity contribution in [2.45, 2.75) is 24.3 Å². The number of hydrogen-bond acceptors (Lipinski definition) is 4. The molecule has 0 aliphatic carbocycles. The monoisotopic (exact) mass is 382 g/mol. The summed E-state index contributed by atoms with van der Waals surface area (Å²) in [4.78, 5) is -0.339. The molecule has 0 unspecified atom stereocenters. The van der Waals surface area contributed by atoms with E-state index in [2.05, 4.69) is 26.0 Å². The number of methoxy groups -OCH3 is 1. The van der Waals surface area contributed by atoms with Gasteiger partial charge in [-0.15, -0.1) is 0 Å². The average molecular weight is 383 g/mol. The van der Waals surface area contributed by atoms with Crippen molar-refractivity contribution in [3.63, 3.8) is 0 Å². The molecule has 0 aromatic heterocycles. The maximum absolute atomic E-state index is 14.3. The van der Waals surface area contributed by atoms with E-state index >= 15 is 0 Å². The smallest absolute Gasteiger partial charge is 0.243 e. The Balaban J connectivity index is 2.87. The third-order valence-electron chi connectivity index (χ3n) is 2.80. The largest absolute Gasteiger partial charge is 0.385 e. The minimum atomic E-state index is -3.87. The van der Waals surface area contributed by atoms with Crippen molar-refractivity contribution in [1.82, 2.24) is 10.0 Å². The molecular weight excluding hydrogens is 363 g/mol. The minimum absolute atomic E-state index is 0.249. The van der Waals surface area contributed by atoms with E-state index in [9.17, 15) is 12.8 Å². The van der Waals surface area contributed by atoms with E-state index < -0.39 is 15.8 Å². The highest BCUT2D eigenvalue weighted by molar-refractivity contribution is 9.10. The zero-order valence-corrected chi connectivity index (χ0v) is 14.5. The van der Waals surface area contributed by atoms with Crippen LogP contribution in [0.25, 0.3) is 0 Å². The van der Waals surface area contributed by atoms with Gasteiger partial charge in [0.05, 0.1) is 0 Å². The molecule has 0 atom stereocenters. The van der Waals surface area contributed by atoms with Gasteiger partial charge in [-0.2, -0.15) is 0 Å². The van der Waals surface area contributed by atoms with Crippen LogP contribution in [0.5, 0.6) is 0 Å². The average Bonchev–Trinajstić information content (AvgIpc) is 2.42. The van der Waals surface area contributed by atoms with Crippen LogP contribution in [0.15, 0.2) is 21.5 Å². The Labute approximate surface area is 133 Å². The van der Waals surface area contributed by atoms with E-state index in [4.69, 9.17) is 4.74 Å². The van der Waals surface area contributed by atoms with Gasteiger partial charge >= 0.3 is 0 Å². The highest BCUT2D eigenvalue weighted by Crippen LogP contribution is 2.24. The van der Waals surface area contributed by atoms with Crippen molar-refractivity contribution >= 4 is 26.0 Å². The molecule has 1 rings (SSSR count). The van der Waals surface area contributed by atoms with Crippen molar-refractivity contribution in [2.75, 3.05) is 27.3 Å². The molecule has 0 bridgehead atoms. The van der Waals surface area contributed by atoms with Crippen LogP contribution in [0.1, 0.15) is 18.4 Å². The van der Waals surface area contributed by atoms with Gasteiger partial charge in [0.25, 0.3) is 0 Å². The molecule has 1 aromatic carbocycles. The van der Waals surface area contributed by atoms with Crippen molar-refractivity contribution in [1.29, 1.82) is 0 Å².